The van der Waals surface area contributed by atoms with Crippen molar-refractivity contribution in [3.63, 3.8) is 0 Å². The number of aryl methyl sites for hydroxylation is 1. The lowest BCUT2D eigenvalue weighted by Gasteiger charge is -2.16. The number of para-hydroxylation sites is 1. The van der Waals surface area contributed by atoms with Gasteiger partial charge in [-0.15, -0.1) is 0 Å². The Labute approximate surface area is 126 Å². The van der Waals surface area contributed by atoms with Crippen LogP contribution >= 0.6 is 15.9 Å². The first kappa shape index (κ1) is 14.5. The Balaban J connectivity index is 2.26. The van der Waals surface area contributed by atoms with Crippen LogP contribution in [0.3, 0.4) is 0 Å². The molecule has 1 atom stereocenters. The molecule has 0 heterocycles. The maximum atomic E-state index is 11.0. The standard InChI is InChI=1S/C15H15BrN2O2/c1-10-7-8-12(9-14(10)16)17-11(2)13-5-3-4-6-15(13)18(19)20/h3-9,11,17H,1-2H3. The molecule has 2 aromatic carbocycles. The minimum absolute atomic E-state index is 0.138. The normalized spacial score (nSPS) is 11.9. The second-order valence-corrected chi connectivity index (χ2v) is 5.50. The average molecular weight is 335 g/mol. The maximum Gasteiger partial charge on any atom is 0.274 e. The number of rotatable bonds is 4. The van der Waals surface area contributed by atoms with E-state index in [4.69, 9.17) is 0 Å². The third-order valence-corrected chi connectivity index (χ3v) is 4.01. The zero-order chi connectivity index (χ0) is 14.7. The molecule has 0 spiro atoms. The summed E-state index contributed by atoms with van der Waals surface area (Å²) in [6.07, 6.45) is 0. The van der Waals surface area contributed by atoms with Crippen molar-refractivity contribution >= 4 is 27.3 Å². The molecule has 0 aliphatic rings. The Morgan fingerprint density at radius 1 is 1.25 bits per heavy atom. The van der Waals surface area contributed by atoms with E-state index in [0.29, 0.717) is 5.56 Å². The lowest BCUT2D eigenvalue weighted by Crippen LogP contribution is -2.09. The first-order chi connectivity index (χ1) is 9.49. The molecular formula is C15H15BrN2O2. The summed E-state index contributed by atoms with van der Waals surface area (Å²) in [4.78, 5) is 10.7. The number of anilines is 1. The van der Waals surface area contributed by atoms with Gasteiger partial charge in [-0.05, 0) is 31.5 Å². The first-order valence-electron chi connectivity index (χ1n) is 6.25. The van der Waals surface area contributed by atoms with E-state index in [1.165, 1.54) is 6.07 Å². The molecule has 0 amide bonds. The van der Waals surface area contributed by atoms with Crippen LogP contribution in [-0.2, 0) is 0 Å². The summed E-state index contributed by atoms with van der Waals surface area (Å²) in [6.45, 7) is 3.93. The Bertz CT molecular complexity index is 644. The van der Waals surface area contributed by atoms with E-state index in [1.54, 1.807) is 12.1 Å². The topological polar surface area (TPSA) is 55.2 Å². The van der Waals surface area contributed by atoms with Gasteiger partial charge in [-0.1, -0.05) is 40.2 Å². The summed E-state index contributed by atoms with van der Waals surface area (Å²) in [6, 6.07) is 12.6. The van der Waals surface area contributed by atoms with Crippen LogP contribution in [-0.4, -0.2) is 4.92 Å². The van der Waals surface area contributed by atoms with Crippen molar-refractivity contribution in [1.29, 1.82) is 0 Å². The van der Waals surface area contributed by atoms with Gasteiger partial charge >= 0.3 is 0 Å². The monoisotopic (exact) mass is 334 g/mol. The van der Waals surface area contributed by atoms with E-state index in [0.717, 1.165) is 15.7 Å². The van der Waals surface area contributed by atoms with E-state index in [1.807, 2.05) is 38.1 Å². The van der Waals surface area contributed by atoms with Gasteiger partial charge in [0.1, 0.15) is 0 Å². The second-order valence-electron chi connectivity index (χ2n) is 4.65. The van der Waals surface area contributed by atoms with E-state index in [-0.39, 0.29) is 16.7 Å². The molecule has 0 radical (unpaired) electrons. The highest BCUT2D eigenvalue weighted by Gasteiger charge is 2.17. The number of nitro benzene ring substituents is 1. The average Bonchev–Trinajstić information content (AvgIpc) is 2.43. The molecule has 0 aromatic heterocycles. The van der Waals surface area contributed by atoms with Crippen LogP contribution in [0, 0.1) is 17.0 Å². The van der Waals surface area contributed by atoms with Crippen LogP contribution in [0.25, 0.3) is 0 Å². The maximum absolute atomic E-state index is 11.0. The van der Waals surface area contributed by atoms with Crippen LogP contribution < -0.4 is 5.32 Å². The van der Waals surface area contributed by atoms with Crippen LogP contribution in [0.15, 0.2) is 46.9 Å². The highest BCUT2D eigenvalue weighted by molar-refractivity contribution is 9.10. The van der Waals surface area contributed by atoms with Crippen LogP contribution in [0.4, 0.5) is 11.4 Å². The third-order valence-electron chi connectivity index (χ3n) is 3.15. The van der Waals surface area contributed by atoms with Crippen molar-refractivity contribution in [1.82, 2.24) is 0 Å². The van der Waals surface area contributed by atoms with Crippen LogP contribution in [0.2, 0.25) is 0 Å². The number of nitrogens with zero attached hydrogens (tertiary/aromatic N) is 1. The Morgan fingerprint density at radius 3 is 2.60 bits per heavy atom. The predicted molar refractivity (Wildman–Crippen MR) is 84.0 cm³/mol. The summed E-state index contributed by atoms with van der Waals surface area (Å²) in [5.74, 6) is 0. The molecule has 4 nitrogen and oxygen atoms in total. The molecule has 2 aromatic rings. The number of benzene rings is 2. The second kappa shape index (κ2) is 6.05. The smallest absolute Gasteiger partial charge is 0.274 e. The molecular weight excluding hydrogens is 320 g/mol. The SMILES string of the molecule is Cc1ccc(NC(C)c2ccccc2[N+](=O)[O-])cc1Br. The fourth-order valence-electron chi connectivity index (χ4n) is 2.03. The van der Waals surface area contributed by atoms with Crippen LogP contribution in [0.1, 0.15) is 24.1 Å². The molecule has 0 bridgehead atoms. The van der Waals surface area contributed by atoms with E-state index >= 15 is 0 Å². The zero-order valence-electron chi connectivity index (χ0n) is 11.3. The molecule has 2 rings (SSSR count). The van der Waals surface area contributed by atoms with Crippen molar-refractivity contribution in [2.24, 2.45) is 0 Å². The number of nitro groups is 1. The van der Waals surface area contributed by atoms with Gasteiger partial charge < -0.3 is 5.32 Å². The Morgan fingerprint density at radius 2 is 1.95 bits per heavy atom. The molecule has 5 heteroatoms. The fraction of sp³-hybridized carbons (Fsp3) is 0.200. The molecule has 1 unspecified atom stereocenters. The lowest BCUT2D eigenvalue weighted by molar-refractivity contribution is -0.385. The summed E-state index contributed by atoms with van der Waals surface area (Å²) < 4.78 is 1.01. The summed E-state index contributed by atoms with van der Waals surface area (Å²) in [5.41, 5.74) is 2.88. The summed E-state index contributed by atoms with van der Waals surface area (Å²) in [5, 5.41) is 14.3. The van der Waals surface area contributed by atoms with Crippen molar-refractivity contribution in [3.05, 3.63) is 68.2 Å². The van der Waals surface area contributed by atoms with Crippen molar-refractivity contribution in [3.8, 4) is 0 Å². The highest BCUT2D eigenvalue weighted by Crippen LogP contribution is 2.29. The van der Waals surface area contributed by atoms with Gasteiger partial charge in [0.05, 0.1) is 16.5 Å². The number of halogens is 1. The quantitative estimate of drug-likeness (QED) is 0.642. The van der Waals surface area contributed by atoms with Gasteiger partial charge in [0.2, 0.25) is 0 Å². The number of nitrogens with one attached hydrogen (secondary N) is 1. The van der Waals surface area contributed by atoms with Gasteiger partial charge in [0.25, 0.3) is 5.69 Å². The molecule has 0 saturated carbocycles. The van der Waals surface area contributed by atoms with E-state index < -0.39 is 0 Å². The molecule has 0 aliphatic heterocycles. The minimum atomic E-state index is -0.349. The number of hydrogen-bond donors (Lipinski definition) is 1. The van der Waals surface area contributed by atoms with E-state index in [2.05, 4.69) is 21.2 Å². The van der Waals surface area contributed by atoms with Crippen molar-refractivity contribution in [2.75, 3.05) is 5.32 Å². The third kappa shape index (κ3) is 3.17. The first-order valence-corrected chi connectivity index (χ1v) is 7.04. The zero-order valence-corrected chi connectivity index (χ0v) is 12.8. The fourth-order valence-corrected chi connectivity index (χ4v) is 2.41. The largest absolute Gasteiger partial charge is 0.378 e. The Kier molecular flexibility index (Phi) is 4.39. The summed E-state index contributed by atoms with van der Waals surface area (Å²) >= 11 is 3.48. The summed E-state index contributed by atoms with van der Waals surface area (Å²) in [7, 11) is 0. The predicted octanol–water partition coefficient (Wildman–Crippen LogP) is 4.84. The molecule has 20 heavy (non-hydrogen) atoms. The molecule has 0 aliphatic carbocycles. The number of hydrogen-bond acceptors (Lipinski definition) is 3. The minimum Gasteiger partial charge on any atom is -0.378 e. The lowest BCUT2D eigenvalue weighted by atomic mass is 10.1. The van der Waals surface area contributed by atoms with Gasteiger partial charge in [0, 0.05) is 16.2 Å². The van der Waals surface area contributed by atoms with Gasteiger partial charge in [-0.3, -0.25) is 10.1 Å². The Hall–Kier alpha value is -1.88. The van der Waals surface area contributed by atoms with E-state index in [9.17, 15) is 10.1 Å². The van der Waals surface area contributed by atoms with Gasteiger partial charge in [0.15, 0.2) is 0 Å². The molecule has 104 valence electrons. The van der Waals surface area contributed by atoms with Crippen LogP contribution in [0.5, 0.6) is 0 Å². The van der Waals surface area contributed by atoms with Crippen molar-refractivity contribution < 1.29 is 4.92 Å². The van der Waals surface area contributed by atoms with Gasteiger partial charge in [-0.25, -0.2) is 0 Å². The molecule has 0 saturated heterocycles. The van der Waals surface area contributed by atoms with Crippen molar-refractivity contribution in [2.45, 2.75) is 19.9 Å². The molecule has 0 fully saturated rings. The molecule has 1 N–H and O–H groups in total. The highest BCUT2D eigenvalue weighted by atomic mass is 79.9. The van der Waals surface area contributed by atoms with Gasteiger partial charge in [-0.2, -0.15) is 0 Å².